The molecule has 0 saturated carbocycles. The Kier molecular flexibility index (Phi) is 7.02. The highest BCUT2D eigenvalue weighted by Crippen LogP contribution is 2.20. The minimum absolute atomic E-state index is 0.977. The number of likely N-dealkylation sites (N-methyl/N-ethyl adjacent to an activating group) is 1. The fourth-order valence-corrected chi connectivity index (χ4v) is 2.99. The number of benzene rings is 1. The van der Waals surface area contributed by atoms with E-state index in [0.29, 0.717) is 0 Å². The monoisotopic (exact) mass is 324 g/mol. The molecule has 0 aliphatic heterocycles. The van der Waals surface area contributed by atoms with Gasteiger partial charge < -0.3 is 9.47 Å². The predicted molar refractivity (Wildman–Crippen MR) is 101 cm³/mol. The molecule has 24 heavy (non-hydrogen) atoms. The van der Waals surface area contributed by atoms with Gasteiger partial charge in [-0.3, -0.25) is 0 Å². The third-order valence-corrected chi connectivity index (χ3v) is 4.49. The van der Waals surface area contributed by atoms with Crippen LogP contribution < -0.4 is 0 Å². The van der Waals surface area contributed by atoms with E-state index in [1.54, 1.807) is 0 Å². The van der Waals surface area contributed by atoms with Crippen molar-refractivity contribution >= 4 is 17.1 Å². The van der Waals surface area contributed by atoms with Crippen LogP contribution in [0.2, 0.25) is 0 Å². The van der Waals surface area contributed by atoms with Crippen LogP contribution in [0.1, 0.15) is 45.0 Å². The van der Waals surface area contributed by atoms with Crippen molar-refractivity contribution in [2.75, 3.05) is 19.6 Å². The van der Waals surface area contributed by atoms with Crippen molar-refractivity contribution in [3.8, 4) is 6.07 Å². The van der Waals surface area contributed by atoms with Crippen LogP contribution in [0.5, 0.6) is 0 Å². The van der Waals surface area contributed by atoms with Crippen molar-refractivity contribution in [1.82, 2.24) is 14.5 Å². The third-order valence-electron chi connectivity index (χ3n) is 4.49. The van der Waals surface area contributed by atoms with E-state index >= 15 is 0 Å². The fraction of sp³-hybridized carbons (Fsp3) is 0.500. The van der Waals surface area contributed by atoms with Crippen molar-refractivity contribution in [1.29, 1.82) is 5.26 Å². The summed E-state index contributed by atoms with van der Waals surface area (Å²) < 4.78 is 2.38. The normalized spacial score (nSPS) is 11.6. The zero-order chi connectivity index (χ0) is 17.4. The summed E-state index contributed by atoms with van der Waals surface area (Å²) in [6.45, 7) is 10.8. The summed E-state index contributed by atoms with van der Waals surface area (Å²) in [5.41, 5.74) is 3.25. The van der Waals surface area contributed by atoms with Crippen LogP contribution in [0.4, 0.5) is 0 Å². The molecule has 0 bridgehead atoms. The van der Waals surface area contributed by atoms with Gasteiger partial charge in [0.05, 0.1) is 17.1 Å². The number of nitrogens with zero attached hydrogens (tertiary/aromatic N) is 4. The van der Waals surface area contributed by atoms with Crippen LogP contribution >= 0.6 is 0 Å². The molecular weight excluding hydrogens is 296 g/mol. The van der Waals surface area contributed by atoms with Gasteiger partial charge in [-0.1, -0.05) is 33.3 Å². The SMILES string of the molecule is CCCCc1nc2cc(C=CC#N)ccc2n1CCN(CC)CC. The quantitative estimate of drug-likeness (QED) is 0.647. The van der Waals surface area contributed by atoms with Crippen LogP contribution in [0.15, 0.2) is 24.3 Å². The molecule has 2 aromatic rings. The van der Waals surface area contributed by atoms with Crippen molar-refractivity contribution in [3.63, 3.8) is 0 Å². The van der Waals surface area contributed by atoms with E-state index in [9.17, 15) is 0 Å². The molecule has 0 aliphatic rings. The Morgan fingerprint density at radius 2 is 2.04 bits per heavy atom. The van der Waals surface area contributed by atoms with Crippen molar-refractivity contribution in [3.05, 3.63) is 35.7 Å². The molecule has 0 radical (unpaired) electrons. The summed E-state index contributed by atoms with van der Waals surface area (Å²) in [5.74, 6) is 1.18. The average Bonchev–Trinajstić information content (AvgIpc) is 2.95. The number of hydrogen-bond donors (Lipinski definition) is 0. The molecule has 1 heterocycles. The molecule has 1 aromatic heterocycles. The number of unbranched alkanes of at least 4 members (excludes halogenated alkanes) is 1. The highest BCUT2D eigenvalue weighted by Gasteiger charge is 2.11. The molecule has 0 saturated heterocycles. The van der Waals surface area contributed by atoms with Gasteiger partial charge in [-0.05, 0) is 43.3 Å². The lowest BCUT2D eigenvalue weighted by atomic mass is 10.2. The minimum atomic E-state index is 0.977. The number of aryl methyl sites for hydroxylation is 1. The van der Waals surface area contributed by atoms with Gasteiger partial charge in [0.25, 0.3) is 0 Å². The Morgan fingerprint density at radius 1 is 1.25 bits per heavy atom. The van der Waals surface area contributed by atoms with Crippen molar-refractivity contribution < 1.29 is 0 Å². The first-order chi connectivity index (χ1) is 11.7. The van der Waals surface area contributed by atoms with Crippen LogP contribution in [0.25, 0.3) is 17.1 Å². The number of aromatic nitrogens is 2. The Bertz CT molecular complexity index is 717. The summed E-state index contributed by atoms with van der Waals surface area (Å²) in [5, 5.41) is 8.69. The van der Waals surface area contributed by atoms with Gasteiger partial charge >= 0.3 is 0 Å². The maximum absolute atomic E-state index is 8.69. The van der Waals surface area contributed by atoms with Crippen LogP contribution in [0, 0.1) is 11.3 Å². The molecule has 0 spiro atoms. The molecule has 0 amide bonds. The van der Waals surface area contributed by atoms with Gasteiger partial charge in [0.2, 0.25) is 0 Å². The van der Waals surface area contributed by atoms with E-state index in [0.717, 1.165) is 50.1 Å². The lowest BCUT2D eigenvalue weighted by Crippen LogP contribution is -2.27. The second-order valence-corrected chi connectivity index (χ2v) is 6.02. The summed E-state index contributed by atoms with van der Waals surface area (Å²) in [4.78, 5) is 7.32. The van der Waals surface area contributed by atoms with E-state index in [2.05, 4.69) is 48.4 Å². The molecule has 0 atom stereocenters. The smallest absolute Gasteiger partial charge is 0.109 e. The average molecular weight is 324 g/mol. The van der Waals surface area contributed by atoms with Gasteiger partial charge in [0.15, 0.2) is 0 Å². The zero-order valence-electron chi connectivity index (χ0n) is 15.1. The number of nitriles is 1. The molecule has 4 heteroatoms. The van der Waals surface area contributed by atoms with Gasteiger partial charge in [0.1, 0.15) is 5.82 Å². The van der Waals surface area contributed by atoms with E-state index in [4.69, 9.17) is 10.2 Å². The first-order valence-electron chi connectivity index (χ1n) is 9.01. The fourth-order valence-electron chi connectivity index (χ4n) is 2.99. The topological polar surface area (TPSA) is 44.9 Å². The summed E-state index contributed by atoms with van der Waals surface area (Å²) >= 11 is 0. The molecule has 0 fully saturated rings. The number of rotatable bonds is 9. The Morgan fingerprint density at radius 3 is 2.71 bits per heavy atom. The minimum Gasteiger partial charge on any atom is -0.327 e. The van der Waals surface area contributed by atoms with Crippen LogP contribution in [-0.2, 0) is 13.0 Å². The molecule has 0 N–H and O–H groups in total. The van der Waals surface area contributed by atoms with Gasteiger partial charge in [-0.15, -0.1) is 0 Å². The summed E-state index contributed by atoms with van der Waals surface area (Å²) in [7, 11) is 0. The second kappa shape index (κ2) is 9.24. The van der Waals surface area contributed by atoms with Gasteiger partial charge in [-0.2, -0.15) is 5.26 Å². The van der Waals surface area contributed by atoms with E-state index in [1.165, 1.54) is 23.8 Å². The molecular formula is C20H28N4. The Labute approximate surface area is 145 Å². The molecule has 2 rings (SSSR count). The zero-order valence-corrected chi connectivity index (χ0v) is 15.1. The molecule has 0 unspecified atom stereocenters. The Balaban J connectivity index is 2.33. The van der Waals surface area contributed by atoms with Crippen LogP contribution in [-0.4, -0.2) is 34.1 Å². The standard InChI is InChI=1S/C20H28N4/c1-4-7-10-20-22-18-16-17(9-8-13-21)11-12-19(18)24(20)15-14-23(5-2)6-3/h8-9,11-12,16H,4-7,10,14-15H2,1-3H3. The highest BCUT2D eigenvalue weighted by molar-refractivity contribution is 5.79. The summed E-state index contributed by atoms with van der Waals surface area (Å²) in [6, 6.07) is 8.32. The Hall–Kier alpha value is -2.12. The van der Waals surface area contributed by atoms with E-state index in [-0.39, 0.29) is 0 Å². The first-order valence-corrected chi connectivity index (χ1v) is 9.01. The number of allylic oxidation sites excluding steroid dienone is 1. The lowest BCUT2D eigenvalue weighted by Gasteiger charge is -2.19. The van der Waals surface area contributed by atoms with Gasteiger partial charge in [-0.25, -0.2) is 4.98 Å². The molecule has 1 aromatic carbocycles. The summed E-state index contributed by atoms with van der Waals surface area (Å²) in [6.07, 6.45) is 6.70. The highest BCUT2D eigenvalue weighted by atomic mass is 15.2. The van der Waals surface area contributed by atoms with Gasteiger partial charge in [0, 0.05) is 25.6 Å². The van der Waals surface area contributed by atoms with E-state index < -0.39 is 0 Å². The molecule has 0 aliphatic carbocycles. The number of imidazole rings is 1. The maximum Gasteiger partial charge on any atom is 0.109 e. The number of fused-ring (bicyclic) bond motifs is 1. The molecule has 128 valence electrons. The maximum atomic E-state index is 8.69. The van der Waals surface area contributed by atoms with Crippen molar-refractivity contribution in [2.45, 2.75) is 46.6 Å². The number of hydrogen-bond acceptors (Lipinski definition) is 3. The van der Waals surface area contributed by atoms with Crippen molar-refractivity contribution in [2.24, 2.45) is 0 Å². The second-order valence-electron chi connectivity index (χ2n) is 6.02. The lowest BCUT2D eigenvalue weighted by molar-refractivity contribution is 0.290. The van der Waals surface area contributed by atoms with Crippen LogP contribution in [0.3, 0.4) is 0 Å². The molecule has 4 nitrogen and oxygen atoms in total. The third kappa shape index (κ3) is 4.46. The van der Waals surface area contributed by atoms with E-state index in [1.807, 2.05) is 12.1 Å². The first kappa shape index (κ1) is 18.2. The largest absolute Gasteiger partial charge is 0.327 e. The predicted octanol–water partition coefficient (Wildman–Crippen LogP) is 4.26.